The van der Waals surface area contributed by atoms with Gasteiger partial charge >= 0.3 is 11.7 Å². The second-order valence-corrected chi connectivity index (χ2v) is 4.75. The lowest BCUT2D eigenvalue weighted by atomic mass is 10.2. The first-order chi connectivity index (χ1) is 9.31. The number of ether oxygens (including phenoxy) is 1. The van der Waals surface area contributed by atoms with Crippen LogP contribution in [0.15, 0.2) is 18.2 Å². The van der Waals surface area contributed by atoms with Crippen LogP contribution in [0.2, 0.25) is 0 Å². The lowest BCUT2D eigenvalue weighted by Gasteiger charge is -2.17. The smallest absolute Gasteiger partial charge is 0.324 e. The van der Waals surface area contributed by atoms with Gasteiger partial charge in [-0.2, -0.15) is 0 Å². The number of carbonyl (C=O) groups is 1. The Morgan fingerprint density at radius 2 is 2.15 bits per heavy atom. The van der Waals surface area contributed by atoms with E-state index in [0.29, 0.717) is 0 Å². The van der Waals surface area contributed by atoms with E-state index in [0.717, 1.165) is 5.56 Å². The number of aryl methyl sites for hydroxylation is 1. The molecule has 0 radical (unpaired) electrons. The number of carboxylic acids is 1. The first kappa shape index (κ1) is 15.9. The Morgan fingerprint density at radius 3 is 2.65 bits per heavy atom. The molecule has 1 atom stereocenters. The number of hydrogen-bond donors (Lipinski definition) is 2. The van der Waals surface area contributed by atoms with Gasteiger partial charge in [-0.15, -0.1) is 0 Å². The van der Waals surface area contributed by atoms with Gasteiger partial charge < -0.3 is 9.84 Å². The Balaban J connectivity index is 2.82. The van der Waals surface area contributed by atoms with Gasteiger partial charge in [0.05, 0.1) is 4.92 Å². The van der Waals surface area contributed by atoms with E-state index in [4.69, 9.17) is 9.84 Å². The average molecular weight is 282 g/mol. The summed E-state index contributed by atoms with van der Waals surface area (Å²) >= 11 is 0. The molecule has 0 aliphatic heterocycles. The van der Waals surface area contributed by atoms with Gasteiger partial charge in [0.1, 0.15) is 12.6 Å². The number of nitro groups is 1. The molecule has 1 aromatic carbocycles. The predicted octanol–water partition coefficient (Wildman–Crippen LogP) is 1.73. The van der Waals surface area contributed by atoms with Crippen molar-refractivity contribution in [2.45, 2.75) is 32.9 Å². The third kappa shape index (κ3) is 4.51. The SMILES string of the molecule is Cc1ccc(OCC(NC(C)C)C(=O)O)c([N+](=O)[O-])c1. The first-order valence-electron chi connectivity index (χ1n) is 6.18. The van der Waals surface area contributed by atoms with Crippen molar-refractivity contribution in [2.75, 3.05) is 6.61 Å². The van der Waals surface area contributed by atoms with Gasteiger partial charge in [0.2, 0.25) is 0 Å². The monoisotopic (exact) mass is 282 g/mol. The minimum Gasteiger partial charge on any atom is -0.485 e. The summed E-state index contributed by atoms with van der Waals surface area (Å²) in [6, 6.07) is 3.58. The van der Waals surface area contributed by atoms with Gasteiger partial charge in [-0.3, -0.25) is 20.2 Å². The van der Waals surface area contributed by atoms with Crippen molar-refractivity contribution in [3.05, 3.63) is 33.9 Å². The molecule has 1 unspecified atom stereocenters. The Kier molecular flexibility index (Phi) is 5.45. The summed E-state index contributed by atoms with van der Waals surface area (Å²) in [5.74, 6) is -0.995. The van der Waals surface area contributed by atoms with Crippen LogP contribution in [0.1, 0.15) is 19.4 Å². The van der Waals surface area contributed by atoms with E-state index in [2.05, 4.69) is 5.32 Å². The summed E-state index contributed by atoms with van der Waals surface area (Å²) < 4.78 is 5.29. The molecule has 0 amide bonds. The molecule has 7 nitrogen and oxygen atoms in total. The molecule has 0 spiro atoms. The van der Waals surface area contributed by atoms with E-state index >= 15 is 0 Å². The number of aliphatic carboxylic acids is 1. The molecule has 0 aliphatic rings. The van der Waals surface area contributed by atoms with Gasteiger partial charge in [0, 0.05) is 12.1 Å². The topological polar surface area (TPSA) is 102 Å². The lowest BCUT2D eigenvalue weighted by Crippen LogP contribution is -2.44. The largest absolute Gasteiger partial charge is 0.485 e. The molecule has 7 heteroatoms. The molecule has 0 aromatic heterocycles. The second kappa shape index (κ2) is 6.85. The minimum absolute atomic E-state index is 0.0345. The van der Waals surface area contributed by atoms with Crippen LogP contribution >= 0.6 is 0 Å². The molecule has 0 saturated carbocycles. The summed E-state index contributed by atoms with van der Waals surface area (Å²) in [5, 5.41) is 22.8. The fourth-order valence-electron chi connectivity index (χ4n) is 1.66. The maximum absolute atomic E-state index is 11.1. The molecule has 110 valence electrons. The summed E-state index contributed by atoms with van der Waals surface area (Å²) in [7, 11) is 0. The van der Waals surface area contributed by atoms with Crippen LogP contribution in [0.25, 0.3) is 0 Å². The predicted molar refractivity (Wildman–Crippen MR) is 73.0 cm³/mol. The fourth-order valence-corrected chi connectivity index (χ4v) is 1.66. The standard InChI is InChI=1S/C13H18N2O5/c1-8(2)14-10(13(16)17)7-20-12-5-4-9(3)6-11(12)15(18)19/h4-6,8,10,14H,7H2,1-3H3,(H,16,17). The van der Waals surface area contributed by atoms with Crippen LogP contribution in [0, 0.1) is 17.0 Å². The molecule has 0 saturated heterocycles. The Labute approximate surface area is 116 Å². The summed E-state index contributed by atoms with van der Waals surface area (Å²) in [4.78, 5) is 21.4. The van der Waals surface area contributed by atoms with Crippen LogP contribution in [-0.4, -0.2) is 34.7 Å². The average Bonchev–Trinajstić information content (AvgIpc) is 2.34. The highest BCUT2D eigenvalue weighted by Crippen LogP contribution is 2.27. The molecule has 2 N–H and O–H groups in total. The van der Waals surface area contributed by atoms with E-state index < -0.39 is 16.9 Å². The Hall–Kier alpha value is -2.15. The molecular formula is C13H18N2O5. The lowest BCUT2D eigenvalue weighted by molar-refractivity contribution is -0.385. The van der Waals surface area contributed by atoms with Crippen LogP contribution in [0.3, 0.4) is 0 Å². The first-order valence-corrected chi connectivity index (χ1v) is 6.18. The zero-order chi connectivity index (χ0) is 15.3. The molecule has 1 rings (SSSR count). The zero-order valence-corrected chi connectivity index (χ0v) is 11.6. The fraction of sp³-hybridized carbons (Fsp3) is 0.462. The Bertz CT molecular complexity index is 502. The normalized spacial score (nSPS) is 12.2. The number of carboxylic acid groups (broad SMARTS) is 1. The van der Waals surface area contributed by atoms with E-state index in [-0.39, 0.29) is 24.1 Å². The highest BCUT2D eigenvalue weighted by atomic mass is 16.6. The van der Waals surface area contributed by atoms with Gasteiger partial charge in [-0.1, -0.05) is 19.9 Å². The molecule has 0 aliphatic carbocycles. The zero-order valence-electron chi connectivity index (χ0n) is 11.6. The summed E-state index contributed by atoms with van der Waals surface area (Å²) in [6.45, 7) is 5.17. The third-order valence-corrected chi connectivity index (χ3v) is 2.55. The van der Waals surface area contributed by atoms with Crippen molar-refractivity contribution in [1.82, 2.24) is 5.32 Å². The molecule has 0 fully saturated rings. The van der Waals surface area contributed by atoms with Crippen molar-refractivity contribution >= 4 is 11.7 Å². The summed E-state index contributed by atoms with van der Waals surface area (Å²) in [6.07, 6.45) is 0. The quantitative estimate of drug-likeness (QED) is 0.583. The number of benzene rings is 1. The van der Waals surface area contributed by atoms with Crippen molar-refractivity contribution in [3.63, 3.8) is 0 Å². The van der Waals surface area contributed by atoms with Crippen molar-refractivity contribution in [1.29, 1.82) is 0 Å². The number of hydrogen-bond acceptors (Lipinski definition) is 5. The highest BCUT2D eigenvalue weighted by molar-refractivity contribution is 5.73. The van der Waals surface area contributed by atoms with E-state index in [1.165, 1.54) is 12.1 Å². The maximum Gasteiger partial charge on any atom is 0.324 e. The minimum atomic E-state index is -1.06. The number of nitro benzene ring substituents is 1. The van der Waals surface area contributed by atoms with Crippen LogP contribution in [-0.2, 0) is 4.79 Å². The van der Waals surface area contributed by atoms with E-state index in [1.54, 1.807) is 13.0 Å². The molecule has 20 heavy (non-hydrogen) atoms. The molecule has 0 bridgehead atoms. The summed E-state index contributed by atoms with van der Waals surface area (Å²) in [5.41, 5.74) is 0.567. The van der Waals surface area contributed by atoms with Gasteiger partial charge in [-0.05, 0) is 18.6 Å². The van der Waals surface area contributed by atoms with Crippen LogP contribution < -0.4 is 10.1 Å². The van der Waals surface area contributed by atoms with Crippen molar-refractivity contribution in [2.24, 2.45) is 0 Å². The van der Waals surface area contributed by atoms with E-state index in [9.17, 15) is 14.9 Å². The molecular weight excluding hydrogens is 264 g/mol. The molecule has 1 aromatic rings. The Morgan fingerprint density at radius 1 is 1.50 bits per heavy atom. The molecule has 0 heterocycles. The second-order valence-electron chi connectivity index (χ2n) is 4.75. The van der Waals surface area contributed by atoms with Crippen LogP contribution in [0.5, 0.6) is 5.75 Å². The maximum atomic E-state index is 11.1. The number of nitrogens with one attached hydrogen (secondary N) is 1. The van der Waals surface area contributed by atoms with Gasteiger partial charge in [0.15, 0.2) is 5.75 Å². The van der Waals surface area contributed by atoms with E-state index in [1.807, 2.05) is 13.8 Å². The highest BCUT2D eigenvalue weighted by Gasteiger charge is 2.21. The number of rotatable bonds is 7. The van der Waals surface area contributed by atoms with Crippen LogP contribution in [0.4, 0.5) is 5.69 Å². The van der Waals surface area contributed by atoms with Crippen molar-refractivity contribution < 1.29 is 19.6 Å². The number of nitrogens with zero attached hydrogens (tertiary/aromatic N) is 1. The van der Waals surface area contributed by atoms with Gasteiger partial charge in [0.25, 0.3) is 0 Å². The van der Waals surface area contributed by atoms with Gasteiger partial charge in [-0.25, -0.2) is 0 Å². The third-order valence-electron chi connectivity index (χ3n) is 2.55. The van der Waals surface area contributed by atoms with Crippen molar-refractivity contribution in [3.8, 4) is 5.75 Å².